The molecule has 0 saturated heterocycles. The van der Waals surface area contributed by atoms with Crippen molar-refractivity contribution in [3.63, 3.8) is 0 Å². The molecule has 1 heterocycles. The zero-order valence-electron chi connectivity index (χ0n) is 8.20. The van der Waals surface area contributed by atoms with Crippen molar-refractivity contribution in [2.24, 2.45) is 0 Å². The third-order valence-electron chi connectivity index (χ3n) is 2.01. The SMILES string of the molecule is CC[C@@H](O)CNCc1cnccc1Br. The molecule has 14 heavy (non-hydrogen) atoms. The van der Waals surface area contributed by atoms with Gasteiger partial charge in [0, 0.05) is 30.0 Å². The molecular weight excluding hydrogens is 244 g/mol. The average molecular weight is 259 g/mol. The highest BCUT2D eigenvalue weighted by atomic mass is 79.9. The van der Waals surface area contributed by atoms with Crippen molar-refractivity contribution in [1.82, 2.24) is 10.3 Å². The molecule has 0 fully saturated rings. The molecule has 0 amide bonds. The first-order valence-electron chi connectivity index (χ1n) is 4.71. The molecule has 0 unspecified atom stereocenters. The van der Waals surface area contributed by atoms with Gasteiger partial charge >= 0.3 is 0 Å². The lowest BCUT2D eigenvalue weighted by Gasteiger charge is -2.09. The highest BCUT2D eigenvalue weighted by Crippen LogP contribution is 2.13. The van der Waals surface area contributed by atoms with Gasteiger partial charge < -0.3 is 10.4 Å². The Morgan fingerprint density at radius 1 is 1.64 bits per heavy atom. The average Bonchev–Trinajstić information content (AvgIpc) is 2.20. The van der Waals surface area contributed by atoms with E-state index in [1.807, 2.05) is 19.2 Å². The summed E-state index contributed by atoms with van der Waals surface area (Å²) < 4.78 is 1.05. The van der Waals surface area contributed by atoms with Crippen LogP contribution < -0.4 is 5.32 Å². The molecule has 0 aliphatic heterocycles. The van der Waals surface area contributed by atoms with E-state index in [9.17, 15) is 5.11 Å². The summed E-state index contributed by atoms with van der Waals surface area (Å²) in [4.78, 5) is 4.03. The summed E-state index contributed by atoms with van der Waals surface area (Å²) in [5.74, 6) is 0. The highest BCUT2D eigenvalue weighted by molar-refractivity contribution is 9.10. The van der Waals surface area contributed by atoms with Crippen LogP contribution in [-0.4, -0.2) is 22.7 Å². The van der Waals surface area contributed by atoms with Crippen LogP contribution in [0, 0.1) is 0 Å². The van der Waals surface area contributed by atoms with Crippen molar-refractivity contribution in [1.29, 1.82) is 0 Å². The number of rotatable bonds is 5. The number of pyridine rings is 1. The van der Waals surface area contributed by atoms with Crippen molar-refractivity contribution < 1.29 is 5.11 Å². The Hall–Kier alpha value is -0.450. The molecule has 0 aliphatic rings. The molecule has 1 rings (SSSR count). The van der Waals surface area contributed by atoms with Gasteiger partial charge in [-0.3, -0.25) is 4.98 Å². The molecule has 1 atom stereocenters. The summed E-state index contributed by atoms with van der Waals surface area (Å²) in [6.07, 6.45) is 4.08. The van der Waals surface area contributed by atoms with Crippen molar-refractivity contribution in [2.45, 2.75) is 26.0 Å². The molecule has 2 N–H and O–H groups in total. The molecule has 4 heteroatoms. The summed E-state index contributed by atoms with van der Waals surface area (Å²) in [5, 5.41) is 12.5. The monoisotopic (exact) mass is 258 g/mol. The van der Waals surface area contributed by atoms with Gasteiger partial charge in [-0.05, 0) is 18.1 Å². The van der Waals surface area contributed by atoms with Crippen LogP contribution in [0.5, 0.6) is 0 Å². The van der Waals surface area contributed by atoms with E-state index in [2.05, 4.69) is 26.2 Å². The van der Waals surface area contributed by atoms with Gasteiger partial charge in [-0.2, -0.15) is 0 Å². The van der Waals surface area contributed by atoms with Crippen molar-refractivity contribution >= 4 is 15.9 Å². The lowest BCUT2D eigenvalue weighted by molar-refractivity contribution is 0.167. The minimum absolute atomic E-state index is 0.259. The minimum atomic E-state index is -0.259. The summed E-state index contributed by atoms with van der Waals surface area (Å²) in [7, 11) is 0. The second kappa shape index (κ2) is 6.11. The Kier molecular flexibility index (Phi) is 5.07. The summed E-state index contributed by atoms with van der Waals surface area (Å²) >= 11 is 3.44. The van der Waals surface area contributed by atoms with Gasteiger partial charge in [0.1, 0.15) is 0 Å². The summed E-state index contributed by atoms with van der Waals surface area (Å²) in [6, 6.07) is 1.91. The van der Waals surface area contributed by atoms with E-state index >= 15 is 0 Å². The van der Waals surface area contributed by atoms with Gasteiger partial charge in [-0.25, -0.2) is 0 Å². The largest absolute Gasteiger partial charge is 0.392 e. The third kappa shape index (κ3) is 3.74. The standard InChI is InChI=1S/C10H15BrN2O/c1-2-9(14)7-13-6-8-5-12-4-3-10(8)11/h3-5,9,13-14H,2,6-7H2,1H3/t9-/m1/s1. The van der Waals surface area contributed by atoms with E-state index < -0.39 is 0 Å². The van der Waals surface area contributed by atoms with Crippen molar-refractivity contribution in [3.8, 4) is 0 Å². The van der Waals surface area contributed by atoms with Crippen LogP contribution in [0.3, 0.4) is 0 Å². The maximum absolute atomic E-state index is 9.32. The Morgan fingerprint density at radius 2 is 2.43 bits per heavy atom. The van der Waals surface area contributed by atoms with Crippen LogP contribution in [0.25, 0.3) is 0 Å². The van der Waals surface area contributed by atoms with Gasteiger partial charge in [0.15, 0.2) is 0 Å². The van der Waals surface area contributed by atoms with Crippen molar-refractivity contribution in [2.75, 3.05) is 6.54 Å². The molecule has 0 aromatic carbocycles. The number of aromatic nitrogens is 1. The van der Waals surface area contributed by atoms with Crippen LogP contribution in [0.15, 0.2) is 22.9 Å². The Balaban J connectivity index is 2.35. The Morgan fingerprint density at radius 3 is 3.07 bits per heavy atom. The van der Waals surface area contributed by atoms with Crippen LogP contribution in [0.1, 0.15) is 18.9 Å². The molecule has 0 radical (unpaired) electrons. The minimum Gasteiger partial charge on any atom is -0.392 e. The third-order valence-corrected chi connectivity index (χ3v) is 2.78. The lowest BCUT2D eigenvalue weighted by atomic mass is 10.2. The first-order valence-corrected chi connectivity index (χ1v) is 5.50. The van der Waals surface area contributed by atoms with E-state index in [4.69, 9.17) is 0 Å². The van der Waals surface area contributed by atoms with Gasteiger partial charge in [0.05, 0.1) is 6.10 Å². The fourth-order valence-corrected chi connectivity index (χ4v) is 1.42. The maximum Gasteiger partial charge on any atom is 0.0662 e. The second-order valence-corrected chi connectivity index (χ2v) is 4.01. The lowest BCUT2D eigenvalue weighted by Crippen LogP contribution is -2.25. The van der Waals surface area contributed by atoms with Crippen LogP contribution in [-0.2, 0) is 6.54 Å². The number of aliphatic hydroxyl groups is 1. The first kappa shape index (κ1) is 11.6. The van der Waals surface area contributed by atoms with Crippen LogP contribution in [0.4, 0.5) is 0 Å². The van der Waals surface area contributed by atoms with Crippen LogP contribution in [0.2, 0.25) is 0 Å². The van der Waals surface area contributed by atoms with Gasteiger partial charge in [0.25, 0.3) is 0 Å². The predicted molar refractivity (Wildman–Crippen MR) is 59.9 cm³/mol. The number of hydrogen-bond donors (Lipinski definition) is 2. The molecule has 0 bridgehead atoms. The first-order chi connectivity index (χ1) is 6.74. The zero-order chi connectivity index (χ0) is 10.4. The van der Waals surface area contributed by atoms with Crippen LogP contribution >= 0.6 is 15.9 Å². The molecule has 1 aromatic heterocycles. The number of hydrogen-bond acceptors (Lipinski definition) is 3. The normalized spacial score (nSPS) is 12.8. The Bertz CT molecular complexity index is 281. The molecule has 3 nitrogen and oxygen atoms in total. The second-order valence-electron chi connectivity index (χ2n) is 3.16. The summed E-state index contributed by atoms with van der Waals surface area (Å²) in [5.41, 5.74) is 1.11. The van der Waals surface area contributed by atoms with Gasteiger partial charge in [-0.15, -0.1) is 0 Å². The predicted octanol–water partition coefficient (Wildman–Crippen LogP) is 1.70. The van der Waals surface area contributed by atoms with E-state index in [1.54, 1.807) is 6.20 Å². The van der Waals surface area contributed by atoms with E-state index in [1.165, 1.54) is 0 Å². The van der Waals surface area contributed by atoms with E-state index in [-0.39, 0.29) is 6.10 Å². The number of halogens is 1. The van der Waals surface area contributed by atoms with E-state index in [0.29, 0.717) is 6.54 Å². The molecule has 78 valence electrons. The molecular formula is C10H15BrN2O. The highest BCUT2D eigenvalue weighted by Gasteiger charge is 2.01. The Labute approximate surface area is 92.7 Å². The zero-order valence-corrected chi connectivity index (χ0v) is 9.79. The molecule has 1 aromatic rings. The number of aliphatic hydroxyl groups excluding tert-OH is 1. The summed E-state index contributed by atoms with van der Waals surface area (Å²) in [6.45, 7) is 3.32. The molecule has 0 saturated carbocycles. The number of nitrogens with zero attached hydrogens (tertiary/aromatic N) is 1. The van der Waals surface area contributed by atoms with E-state index in [0.717, 1.165) is 23.0 Å². The van der Waals surface area contributed by atoms with Gasteiger partial charge in [-0.1, -0.05) is 22.9 Å². The maximum atomic E-state index is 9.32. The fraction of sp³-hybridized carbons (Fsp3) is 0.500. The fourth-order valence-electron chi connectivity index (χ4n) is 1.06. The number of nitrogens with one attached hydrogen (secondary N) is 1. The molecule has 0 spiro atoms. The van der Waals surface area contributed by atoms with Crippen molar-refractivity contribution in [3.05, 3.63) is 28.5 Å². The smallest absolute Gasteiger partial charge is 0.0662 e. The quantitative estimate of drug-likeness (QED) is 0.846. The van der Waals surface area contributed by atoms with Gasteiger partial charge in [0.2, 0.25) is 0 Å². The topological polar surface area (TPSA) is 45.1 Å². The molecule has 0 aliphatic carbocycles.